The standard InChI is InChI=1S/C14H18O/c1-9-8-12(15)14-7-5-4-6-13(9,14)10(2)11(14)3/h8H,4-7H2,1-3H3. The Labute approximate surface area is 91.2 Å². The van der Waals surface area contributed by atoms with Gasteiger partial charge in [0.15, 0.2) is 5.78 Å². The van der Waals surface area contributed by atoms with E-state index in [-0.39, 0.29) is 10.8 Å². The molecule has 0 radical (unpaired) electrons. The summed E-state index contributed by atoms with van der Waals surface area (Å²) in [4.78, 5) is 12.2. The molecule has 1 nitrogen and oxygen atoms in total. The molecule has 1 fully saturated rings. The average molecular weight is 202 g/mol. The van der Waals surface area contributed by atoms with E-state index < -0.39 is 0 Å². The molecule has 80 valence electrons. The highest BCUT2D eigenvalue weighted by molar-refractivity contribution is 6.05. The maximum Gasteiger partial charge on any atom is 0.167 e. The summed E-state index contributed by atoms with van der Waals surface area (Å²) in [6.45, 7) is 6.55. The minimum Gasteiger partial charge on any atom is -0.294 e. The second-order valence-corrected chi connectivity index (χ2v) is 5.46. The predicted molar refractivity (Wildman–Crippen MR) is 60.5 cm³/mol. The molecule has 1 heteroatoms. The van der Waals surface area contributed by atoms with Crippen LogP contribution in [0.5, 0.6) is 0 Å². The van der Waals surface area contributed by atoms with Crippen molar-refractivity contribution in [3.63, 3.8) is 0 Å². The lowest BCUT2D eigenvalue weighted by Crippen LogP contribution is -2.55. The Morgan fingerprint density at radius 3 is 2.13 bits per heavy atom. The SMILES string of the molecule is CC1=CC(=O)C23CCCCC12C(C)=C3C. The van der Waals surface area contributed by atoms with Crippen molar-refractivity contribution in [1.82, 2.24) is 0 Å². The average Bonchev–Trinajstić information content (AvgIpc) is 2.46. The Morgan fingerprint density at radius 2 is 1.53 bits per heavy atom. The van der Waals surface area contributed by atoms with E-state index in [2.05, 4.69) is 20.8 Å². The molecule has 0 spiro atoms. The van der Waals surface area contributed by atoms with Crippen LogP contribution in [0, 0.1) is 10.8 Å². The fraction of sp³-hybridized carbons (Fsp3) is 0.643. The maximum absolute atomic E-state index is 12.2. The molecule has 0 aromatic heterocycles. The molecule has 2 unspecified atom stereocenters. The second kappa shape index (κ2) is 2.45. The molecule has 0 bridgehead atoms. The molecule has 0 amide bonds. The summed E-state index contributed by atoms with van der Waals surface area (Å²) < 4.78 is 0. The third-order valence-electron chi connectivity index (χ3n) is 5.37. The van der Waals surface area contributed by atoms with E-state index in [0.29, 0.717) is 5.78 Å². The molecule has 0 aromatic carbocycles. The number of ketones is 1. The third kappa shape index (κ3) is 0.677. The van der Waals surface area contributed by atoms with Crippen LogP contribution in [0.25, 0.3) is 0 Å². The quantitative estimate of drug-likeness (QED) is 0.550. The van der Waals surface area contributed by atoms with E-state index >= 15 is 0 Å². The molecule has 0 saturated heterocycles. The first-order chi connectivity index (χ1) is 7.07. The van der Waals surface area contributed by atoms with Crippen LogP contribution in [0.1, 0.15) is 46.5 Å². The highest BCUT2D eigenvalue weighted by atomic mass is 16.1. The van der Waals surface area contributed by atoms with Crippen LogP contribution in [0.3, 0.4) is 0 Å². The summed E-state index contributed by atoms with van der Waals surface area (Å²) in [5.41, 5.74) is 4.27. The van der Waals surface area contributed by atoms with Crippen molar-refractivity contribution in [2.45, 2.75) is 46.5 Å². The first-order valence-electron chi connectivity index (χ1n) is 5.99. The van der Waals surface area contributed by atoms with Gasteiger partial charge in [0.25, 0.3) is 0 Å². The van der Waals surface area contributed by atoms with Gasteiger partial charge in [0.1, 0.15) is 0 Å². The van der Waals surface area contributed by atoms with Crippen LogP contribution in [0.2, 0.25) is 0 Å². The molecule has 3 rings (SSSR count). The summed E-state index contributed by atoms with van der Waals surface area (Å²) in [5.74, 6) is 0.391. The third-order valence-corrected chi connectivity index (χ3v) is 5.37. The highest BCUT2D eigenvalue weighted by Crippen LogP contribution is 2.73. The molecule has 0 N–H and O–H groups in total. The lowest BCUT2D eigenvalue weighted by molar-refractivity contribution is -0.128. The first kappa shape index (κ1) is 9.38. The summed E-state index contributed by atoms with van der Waals surface area (Å²) in [6.07, 6.45) is 6.71. The molecule has 0 aromatic rings. The van der Waals surface area contributed by atoms with Crippen molar-refractivity contribution in [1.29, 1.82) is 0 Å². The molecule has 2 atom stereocenters. The van der Waals surface area contributed by atoms with Gasteiger partial charge in [-0.3, -0.25) is 4.79 Å². The Balaban J connectivity index is 2.27. The maximum atomic E-state index is 12.2. The molecular formula is C14H18O. The van der Waals surface area contributed by atoms with Gasteiger partial charge in [0.2, 0.25) is 0 Å². The lowest BCUT2D eigenvalue weighted by atomic mass is 9.42. The Bertz CT molecular complexity index is 427. The van der Waals surface area contributed by atoms with Gasteiger partial charge >= 0.3 is 0 Å². The van der Waals surface area contributed by atoms with Gasteiger partial charge in [0.05, 0.1) is 5.41 Å². The lowest BCUT2D eigenvalue weighted by Gasteiger charge is -2.60. The van der Waals surface area contributed by atoms with Gasteiger partial charge in [-0.05, 0) is 39.7 Å². The second-order valence-electron chi connectivity index (χ2n) is 5.46. The van der Waals surface area contributed by atoms with Crippen LogP contribution in [0.15, 0.2) is 22.8 Å². The smallest absolute Gasteiger partial charge is 0.167 e. The van der Waals surface area contributed by atoms with Crippen molar-refractivity contribution in [2.75, 3.05) is 0 Å². The largest absolute Gasteiger partial charge is 0.294 e. The molecular weight excluding hydrogens is 184 g/mol. The van der Waals surface area contributed by atoms with Crippen molar-refractivity contribution >= 4 is 5.78 Å². The van der Waals surface area contributed by atoms with Crippen LogP contribution in [-0.4, -0.2) is 5.78 Å². The van der Waals surface area contributed by atoms with E-state index in [1.54, 1.807) is 0 Å². The highest BCUT2D eigenvalue weighted by Gasteiger charge is 2.68. The van der Waals surface area contributed by atoms with Crippen molar-refractivity contribution in [3.8, 4) is 0 Å². The Hall–Kier alpha value is -0.850. The fourth-order valence-corrected chi connectivity index (χ4v) is 4.59. The Kier molecular flexibility index (Phi) is 1.53. The van der Waals surface area contributed by atoms with Gasteiger partial charge in [-0.2, -0.15) is 0 Å². The predicted octanol–water partition coefficient (Wildman–Crippen LogP) is 3.41. The molecule has 0 aliphatic heterocycles. The normalized spacial score (nSPS) is 43.4. The summed E-state index contributed by atoms with van der Waals surface area (Å²) in [5, 5.41) is 0. The van der Waals surface area contributed by atoms with Gasteiger partial charge in [-0.1, -0.05) is 29.6 Å². The van der Waals surface area contributed by atoms with Crippen molar-refractivity contribution < 1.29 is 4.79 Å². The van der Waals surface area contributed by atoms with E-state index in [0.717, 1.165) is 6.42 Å². The van der Waals surface area contributed by atoms with Crippen molar-refractivity contribution in [2.24, 2.45) is 10.8 Å². The number of carbonyl (C=O) groups excluding carboxylic acids is 1. The summed E-state index contributed by atoms with van der Waals surface area (Å²) in [6, 6.07) is 0. The van der Waals surface area contributed by atoms with E-state index in [4.69, 9.17) is 0 Å². The topological polar surface area (TPSA) is 17.1 Å². The van der Waals surface area contributed by atoms with E-state index in [9.17, 15) is 4.79 Å². The molecule has 15 heavy (non-hydrogen) atoms. The molecule has 0 heterocycles. The van der Waals surface area contributed by atoms with Gasteiger partial charge < -0.3 is 0 Å². The number of allylic oxidation sites excluding steroid dienone is 4. The monoisotopic (exact) mass is 202 g/mol. The van der Waals surface area contributed by atoms with Crippen LogP contribution < -0.4 is 0 Å². The number of hydrogen-bond acceptors (Lipinski definition) is 1. The number of hydrogen-bond donors (Lipinski definition) is 0. The first-order valence-corrected chi connectivity index (χ1v) is 5.99. The van der Waals surface area contributed by atoms with E-state index in [1.807, 2.05) is 6.08 Å². The van der Waals surface area contributed by atoms with Gasteiger partial charge in [0, 0.05) is 5.41 Å². The van der Waals surface area contributed by atoms with Crippen LogP contribution in [0.4, 0.5) is 0 Å². The summed E-state index contributed by atoms with van der Waals surface area (Å²) >= 11 is 0. The number of rotatable bonds is 0. The number of carbonyl (C=O) groups is 1. The zero-order chi connectivity index (χ0) is 10.8. The van der Waals surface area contributed by atoms with E-state index in [1.165, 1.54) is 36.0 Å². The van der Waals surface area contributed by atoms with Crippen molar-refractivity contribution in [3.05, 3.63) is 22.8 Å². The van der Waals surface area contributed by atoms with Gasteiger partial charge in [-0.15, -0.1) is 0 Å². The molecule has 1 saturated carbocycles. The zero-order valence-corrected chi connectivity index (χ0v) is 9.81. The zero-order valence-electron chi connectivity index (χ0n) is 9.81. The van der Waals surface area contributed by atoms with Crippen LogP contribution in [-0.2, 0) is 4.79 Å². The minimum atomic E-state index is -0.0839. The Morgan fingerprint density at radius 1 is 1.00 bits per heavy atom. The minimum absolute atomic E-state index is 0.0839. The fourth-order valence-electron chi connectivity index (χ4n) is 4.59. The van der Waals surface area contributed by atoms with Crippen LogP contribution >= 0.6 is 0 Å². The summed E-state index contributed by atoms with van der Waals surface area (Å²) in [7, 11) is 0. The van der Waals surface area contributed by atoms with Gasteiger partial charge in [-0.25, -0.2) is 0 Å². The molecule has 3 aliphatic rings. The molecule has 3 aliphatic carbocycles.